The van der Waals surface area contributed by atoms with Gasteiger partial charge in [0.15, 0.2) is 11.5 Å². The Morgan fingerprint density at radius 1 is 1.09 bits per heavy atom. The Balaban J connectivity index is 1.39. The fraction of sp³-hybridized carbons (Fsp3) is 0.308. The summed E-state index contributed by atoms with van der Waals surface area (Å²) < 4.78 is 1.98. The van der Waals surface area contributed by atoms with Gasteiger partial charge in [-0.25, -0.2) is 15.0 Å². The molecule has 0 aromatic carbocycles. The van der Waals surface area contributed by atoms with Crippen molar-refractivity contribution in [1.29, 1.82) is 0 Å². The number of hydrogen-bond donors (Lipinski definition) is 2. The van der Waals surface area contributed by atoms with E-state index in [0.717, 1.165) is 60.3 Å². The van der Waals surface area contributed by atoms with Crippen LogP contribution in [0.1, 0.15) is 32.2 Å². The molecule has 0 unspecified atom stereocenters. The summed E-state index contributed by atoms with van der Waals surface area (Å²) in [6.07, 6.45) is 15.3. The number of rotatable bonds is 7. The summed E-state index contributed by atoms with van der Waals surface area (Å²) in [5.74, 6) is 1.68. The van der Waals surface area contributed by atoms with Crippen LogP contribution in [0.15, 0.2) is 61.3 Å². The molecule has 0 aliphatic carbocycles. The Hall–Kier alpha value is -3.98. The van der Waals surface area contributed by atoms with Crippen molar-refractivity contribution >= 4 is 34.6 Å². The first kappa shape index (κ1) is 22.8. The first-order chi connectivity index (χ1) is 17.1. The smallest absolute Gasteiger partial charge is 0.180 e. The van der Waals surface area contributed by atoms with E-state index in [9.17, 15) is 0 Å². The summed E-state index contributed by atoms with van der Waals surface area (Å²) in [5, 5.41) is 10.5. The highest BCUT2D eigenvalue weighted by atomic mass is 15.3. The molecule has 0 saturated carbocycles. The highest BCUT2D eigenvalue weighted by molar-refractivity contribution is 5.86. The van der Waals surface area contributed by atoms with E-state index >= 15 is 0 Å². The molecule has 9 nitrogen and oxygen atoms in total. The second kappa shape index (κ2) is 10.1. The van der Waals surface area contributed by atoms with Crippen LogP contribution in [0, 0.1) is 0 Å². The van der Waals surface area contributed by atoms with Crippen molar-refractivity contribution in [2.24, 2.45) is 0 Å². The summed E-state index contributed by atoms with van der Waals surface area (Å²) in [5.41, 5.74) is 4.31. The molecule has 0 atom stereocenters. The molecule has 4 aromatic heterocycles. The zero-order chi connectivity index (χ0) is 24.2. The third kappa shape index (κ3) is 5.09. The maximum absolute atomic E-state index is 4.91. The van der Waals surface area contributed by atoms with E-state index in [4.69, 9.17) is 9.97 Å². The summed E-state index contributed by atoms with van der Waals surface area (Å²) in [4.78, 5) is 19.0. The third-order valence-corrected chi connectivity index (χ3v) is 6.23. The lowest BCUT2D eigenvalue weighted by Gasteiger charge is -2.37. The van der Waals surface area contributed by atoms with Crippen LogP contribution in [0.2, 0.25) is 0 Å². The summed E-state index contributed by atoms with van der Waals surface area (Å²) in [6, 6.07) is 6.64. The topological polar surface area (TPSA) is 90.3 Å². The van der Waals surface area contributed by atoms with Crippen molar-refractivity contribution in [2.45, 2.75) is 26.8 Å². The number of piperazine rings is 1. The van der Waals surface area contributed by atoms with E-state index in [-0.39, 0.29) is 0 Å². The molecule has 5 heterocycles. The molecular formula is C26H31N9. The van der Waals surface area contributed by atoms with Crippen LogP contribution >= 0.6 is 0 Å². The average molecular weight is 470 g/mol. The first-order valence-electron chi connectivity index (χ1n) is 12.0. The predicted molar refractivity (Wildman–Crippen MR) is 141 cm³/mol. The van der Waals surface area contributed by atoms with Crippen molar-refractivity contribution in [2.75, 3.05) is 36.4 Å². The second-order valence-electron chi connectivity index (χ2n) is 8.89. The molecule has 180 valence electrons. The van der Waals surface area contributed by atoms with Crippen LogP contribution in [0.4, 0.5) is 17.3 Å². The van der Waals surface area contributed by atoms with E-state index in [1.165, 1.54) is 0 Å². The molecule has 9 heteroatoms. The van der Waals surface area contributed by atoms with Crippen LogP contribution in [-0.2, 0) is 0 Å². The van der Waals surface area contributed by atoms with E-state index in [2.05, 4.69) is 56.3 Å². The van der Waals surface area contributed by atoms with Crippen LogP contribution in [0.25, 0.3) is 17.3 Å². The van der Waals surface area contributed by atoms with Crippen molar-refractivity contribution < 1.29 is 0 Å². The largest absolute Gasteiger partial charge is 0.354 e. The number of imidazole rings is 1. The van der Waals surface area contributed by atoms with Crippen molar-refractivity contribution in [3.05, 3.63) is 72.7 Å². The maximum atomic E-state index is 4.91. The van der Waals surface area contributed by atoms with Gasteiger partial charge in [0.2, 0.25) is 0 Å². The molecule has 2 N–H and O–H groups in total. The summed E-state index contributed by atoms with van der Waals surface area (Å²) in [7, 11) is 0. The lowest BCUT2D eigenvalue weighted by Crippen LogP contribution is -2.49. The summed E-state index contributed by atoms with van der Waals surface area (Å²) in [6.45, 7) is 10.6. The number of anilines is 3. The lowest BCUT2D eigenvalue weighted by molar-refractivity contribution is 0.209. The molecule has 1 saturated heterocycles. The standard InChI is InChI=1S/C26H31N9/c1-4-5-20(16-21-8-9-29-32-21)23-18-35-11-10-27-26(35)25(31-23)30-22-6-7-24(28-17-22)34-14-12-33(13-15-34)19(2)3/h4-11,16-19H,12-15H2,1-3H3,(H,29,32)(H,30,31)/b5-4-,20-16+. The zero-order valence-electron chi connectivity index (χ0n) is 20.4. The number of nitrogens with one attached hydrogen (secondary N) is 2. The molecule has 0 amide bonds. The number of pyridine rings is 1. The van der Waals surface area contributed by atoms with Gasteiger partial charge in [-0.2, -0.15) is 5.10 Å². The highest BCUT2D eigenvalue weighted by Gasteiger charge is 2.19. The van der Waals surface area contributed by atoms with Crippen molar-refractivity contribution in [3.63, 3.8) is 0 Å². The first-order valence-corrected chi connectivity index (χ1v) is 12.0. The van der Waals surface area contributed by atoms with Gasteiger partial charge in [-0.15, -0.1) is 0 Å². The Kier molecular flexibility index (Phi) is 6.58. The normalized spacial score (nSPS) is 15.5. The minimum absolute atomic E-state index is 0.585. The number of nitrogens with zero attached hydrogens (tertiary/aromatic N) is 7. The third-order valence-electron chi connectivity index (χ3n) is 6.23. The summed E-state index contributed by atoms with van der Waals surface area (Å²) >= 11 is 0. The second-order valence-corrected chi connectivity index (χ2v) is 8.89. The van der Waals surface area contributed by atoms with E-state index < -0.39 is 0 Å². The van der Waals surface area contributed by atoms with Gasteiger partial charge < -0.3 is 14.6 Å². The number of H-pyrrole nitrogens is 1. The quantitative estimate of drug-likeness (QED) is 0.391. The number of aromatic amines is 1. The van der Waals surface area contributed by atoms with Crippen LogP contribution in [-0.4, -0.2) is 66.7 Å². The minimum atomic E-state index is 0.585. The Labute approximate surface area is 205 Å². The van der Waals surface area contributed by atoms with Gasteiger partial charge in [0.25, 0.3) is 0 Å². The fourth-order valence-electron chi connectivity index (χ4n) is 4.31. The van der Waals surface area contributed by atoms with Crippen LogP contribution in [0.5, 0.6) is 0 Å². The van der Waals surface area contributed by atoms with Gasteiger partial charge in [0.1, 0.15) is 5.82 Å². The molecule has 1 aliphatic rings. The molecule has 4 aromatic rings. The SMILES string of the molecule is C/C=C\C(=C/c1ccn[nH]1)c1cn2ccnc2c(Nc2ccc(N3CCN(C(C)C)CC3)nc2)n1. The maximum Gasteiger partial charge on any atom is 0.180 e. The number of hydrogen-bond acceptors (Lipinski definition) is 7. The monoisotopic (exact) mass is 469 g/mol. The fourth-order valence-corrected chi connectivity index (χ4v) is 4.31. The Morgan fingerprint density at radius 3 is 2.63 bits per heavy atom. The molecule has 5 rings (SSSR count). The van der Waals surface area contributed by atoms with E-state index in [1.54, 1.807) is 12.4 Å². The molecule has 1 fully saturated rings. The van der Waals surface area contributed by atoms with Crippen LogP contribution < -0.4 is 10.2 Å². The average Bonchev–Trinajstić information content (AvgIpc) is 3.56. The van der Waals surface area contributed by atoms with Gasteiger partial charge in [-0.1, -0.05) is 12.2 Å². The van der Waals surface area contributed by atoms with Gasteiger partial charge in [-0.3, -0.25) is 10.00 Å². The van der Waals surface area contributed by atoms with Crippen molar-refractivity contribution in [1.82, 2.24) is 34.4 Å². The van der Waals surface area contributed by atoms with Crippen LogP contribution in [0.3, 0.4) is 0 Å². The Bertz CT molecular complexity index is 1310. The highest BCUT2D eigenvalue weighted by Crippen LogP contribution is 2.25. The number of fused-ring (bicyclic) bond motifs is 1. The zero-order valence-corrected chi connectivity index (χ0v) is 20.4. The predicted octanol–water partition coefficient (Wildman–Crippen LogP) is 4.24. The molecule has 0 radical (unpaired) electrons. The van der Waals surface area contributed by atoms with E-state index in [0.29, 0.717) is 11.9 Å². The van der Waals surface area contributed by atoms with Gasteiger partial charge in [0.05, 0.1) is 23.3 Å². The molecule has 0 spiro atoms. The molecular weight excluding hydrogens is 438 g/mol. The number of allylic oxidation sites excluding steroid dienone is 3. The lowest BCUT2D eigenvalue weighted by atomic mass is 10.1. The number of aromatic nitrogens is 6. The van der Waals surface area contributed by atoms with E-state index in [1.807, 2.05) is 54.2 Å². The molecule has 35 heavy (non-hydrogen) atoms. The van der Waals surface area contributed by atoms with Gasteiger partial charge in [-0.05, 0) is 45.0 Å². The van der Waals surface area contributed by atoms with Crippen molar-refractivity contribution in [3.8, 4) is 0 Å². The molecule has 1 aliphatic heterocycles. The minimum Gasteiger partial charge on any atom is -0.354 e. The van der Waals surface area contributed by atoms with Gasteiger partial charge >= 0.3 is 0 Å². The van der Waals surface area contributed by atoms with Gasteiger partial charge in [0, 0.05) is 62.6 Å². The Morgan fingerprint density at radius 2 is 1.94 bits per heavy atom. The molecule has 0 bridgehead atoms.